The number of nitrogens with zero attached hydrogens (tertiary/aromatic N) is 2. The second kappa shape index (κ2) is 7.58. The van der Waals surface area contributed by atoms with Crippen LogP contribution in [0.4, 0.5) is 8.78 Å². The predicted molar refractivity (Wildman–Crippen MR) is 111 cm³/mol. The van der Waals surface area contributed by atoms with Gasteiger partial charge in [-0.1, -0.05) is 56.3 Å². The molecule has 154 valence electrons. The van der Waals surface area contributed by atoms with Crippen LogP contribution in [0.3, 0.4) is 0 Å². The van der Waals surface area contributed by atoms with Crippen LogP contribution in [0.15, 0.2) is 53.5 Å². The van der Waals surface area contributed by atoms with Gasteiger partial charge in [0.15, 0.2) is 5.96 Å². The van der Waals surface area contributed by atoms with Crippen molar-refractivity contribution >= 4 is 11.9 Å². The van der Waals surface area contributed by atoms with Gasteiger partial charge in [-0.25, -0.2) is 13.8 Å². The van der Waals surface area contributed by atoms with Crippen LogP contribution >= 0.6 is 0 Å². The molecule has 6 heteroatoms. The van der Waals surface area contributed by atoms with Crippen molar-refractivity contribution in [3.05, 3.63) is 59.7 Å². The molecule has 0 saturated heterocycles. The normalized spacial score (nSPS) is 19.8. The van der Waals surface area contributed by atoms with E-state index in [0.717, 1.165) is 23.6 Å². The molecule has 29 heavy (non-hydrogen) atoms. The van der Waals surface area contributed by atoms with Crippen molar-refractivity contribution in [3.8, 4) is 11.1 Å². The van der Waals surface area contributed by atoms with E-state index in [0.29, 0.717) is 18.9 Å². The van der Waals surface area contributed by atoms with E-state index in [2.05, 4.69) is 18.8 Å². The summed E-state index contributed by atoms with van der Waals surface area (Å²) in [5.41, 5.74) is 7.64. The zero-order valence-corrected chi connectivity index (χ0v) is 17.2. The Kier molecular flexibility index (Phi) is 5.48. The minimum absolute atomic E-state index is 0.0184. The topological polar surface area (TPSA) is 58.7 Å². The highest BCUT2D eigenvalue weighted by atomic mass is 19.3. The van der Waals surface area contributed by atoms with E-state index in [4.69, 9.17) is 5.73 Å². The van der Waals surface area contributed by atoms with E-state index in [1.807, 2.05) is 31.2 Å². The first-order valence-electron chi connectivity index (χ1n) is 9.74. The van der Waals surface area contributed by atoms with Gasteiger partial charge in [0.1, 0.15) is 5.54 Å². The fraction of sp³-hybridized carbons (Fsp3) is 0.391. The Bertz CT molecular complexity index is 932. The van der Waals surface area contributed by atoms with Crippen LogP contribution in [0.1, 0.15) is 45.2 Å². The molecule has 2 N–H and O–H groups in total. The van der Waals surface area contributed by atoms with Gasteiger partial charge >= 0.3 is 0 Å². The number of rotatable bonds is 6. The van der Waals surface area contributed by atoms with Gasteiger partial charge in [0.2, 0.25) is 0 Å². The average molecular weight is 399 g/mol. The summed E-state index contributed by atoms with van der Waals surface area (Å²) in [7, 11) is 0. The molecular formula is C23H27F2N3O. The van der Waals surface area contributed by atoms with Crippen LogP contribution < -0.4 is 5.73 Å². The Balaban J connectivity index is 1.77. The van der Waals surface area contributed by atoms with Gasteiger partial charge in [0.05, 0.1) is 6.54 Å². The first-order chi connectivity index (χ1) is 13.5. The third-order valence-corrected chi connectivity index (χ3v) is 5.15. The summed E-state index contributed by atoms with van der Waals surface area (Å²) in [6.45, 7) is 7.14. The van der Waals surface area contributed by atoms with E-state index < -0.39 is 11.5 Å². The van der Waals surface area contributed by atoms with Gasteiger partial charge < -0.3 is 5.73 Å². The molecule has 1 aliphatic rings. The summed E-state index contributed by atoms with van der Waals surface area (Å²) in [5, 5.41) is 0. The molecule has 2 aromatic carbocycles. The minimum atomic E-state index is -2.88. The van der Waals surface area contributed by atoms with Gasteiger partial charge in [-0.15, -0.1) is 0 Å². The van der Waals surface area contributed by atoms with E-state index in [1.54, 1.807) is 12.1 Å². The van der Waals surface area contributed by atoms with Crippen LogP contribution in [-0.4, -0.2) is 22.3 Å². The molecule has 1 heterocycles. The van der Waals surface area contributed by atoms with Gasteiger partial charge in [-0.05, 0) is 42.0 Å². The zero-order valence-electron chi connectivity index (χ0n) is 17.2. The quantitative estimate of drug-likeness (QED) is 0.749. The third-order valence-electron chi connectivity index (χ3n) is 5.15. The summed E-state index contributed by atoms with van der Waals surface area (Å²) in [6, 6.07) is 13.8. The number of alkyl halides is 2. The van der Waals surface area contributed by atoms with Gasteiger partial charge in [-0.2, -0.15) is 0 Å². The molecule has 2 aromatic rings. The van der Waals surface area contributed by atoms with Crippen molar-refractivity contribution in [2.24, 2.45) is 16.6 Å². The lowest BCUT2D eigenvalue weighted by molar-refractivity contribution is -0.131. The van der Waals surface area contributed by atoms with Crippen molar-refractivity contribution in [1.82, 2.24) is 4.90 Å². The SMILES string of the molecule is CC(C)CC1(C)N=C(N)N(Cc2ccc(-c3cccc(C(C)(F)F)c3)cc2)C1=O. The number of nitrogens with two attached hydrogens (primary N) is 1. The number of benzene rings is 2. The molecule has 3 rings (SSSR count). The molecule has 1 amide bonds. The summed E-state index contributed by atoms with van der Waals surface area (Å²) < 4.78 is 27.2. The number of hydrogen-bond acceptors (Lipinski definition) is 3. The van der Waals surface area contributed by atoms with Crippen molar-refractivity contribution in [2.45, 2.75) is 52.1 Å². The number of aliphatic imine (C=N–C) groups is 1. The molecule has 4 nitrogen and oxygen atoms in total. The monoisotopic (exact) mass is 399 g/mol. The minimum Gasteiger partial charge on any atom is -0.369 e. The number of amides is 1. The van der Waals surface area contributed by atoms with Gasteiger partial charge in [0.25, 0.3) is 11.8 Å². The second-order valence-electron chi connectivity index (χ2n) is 8.40. The molecule has 0 fully saturated rings. The van der Waals surface area contributed by atoms with Crippen molar-refractivity contribution in [1.29, 1.82) is 0 Å². The lowest BCUT2D eigenvalue weighted by Gasteiger charge is -2.23. The lowest BCUT2D eigenvalue weighted by Crippen LogP contribution is -2.43. The number of carbonyl (C=O) groups is 1. The van der Waals surface area contributed by atoms with E-state index >= 15 is 0 Å². The predicted octanol–water partition coefficient (Wildman–Crippen LogP) is 4.93. The molecule has 0 radical (unpaired) electrons. The Labute approximate surface area is 170 Å². The fourth-order valence-electron chi connectivity index (χ4n) is 3.79. The Morgan fingerprint density at radius 3 is 2.38 bits per heavy atom. The maximum Gasteiger partial charge on any atom is 0.270 e. The number of guanidine groups is 1. The van der Waals surface area contributed by atoms with Crippen LogP contribution in [0.5, 0.6) is 0 Å². The van der Waals surface area contributed by atoms with E-state index in [1.165, 1.54) is 17.0 Å². The largest absolute Gasteiger partial charge is 0.369 e. The number of hydrogen-bond donors (Lipinski definition) is 1. The highest BCUT2D eigenvalue weighted by Crippen LogP contribution is 2.32. The molecule has 0 spiro atoms. The number of halogens is 2. The summed E-state index contributed by atoms with van der Waals surface area (Å²) in [5.74, 6) is -2.41. The third kappa shape index (κ3) is 4.47. The molecule has 1 atom stereocenters. The zero-order chi connectivity index (χ0) is 21.4. The number of carbonyl (C=O) groups excluding carboxylic acids is 1. The summed E-state index contributed by atoms with van der Waals surface area (Å²) in [6.07, 6.45) is 0.639. The van der Waals surface area contributed by atoms with Crippen molar-refractivity contribution in [3.63, 3.8) is 0 Å². The highest BCUT2D eigenvalue weighted by molar-refractivity contribution is 6.06. The Morgan fingerprint density at radius 1 is 1.14 bits per heavy atom. The first-order valence-corrected chi connectivity index (χ1v) is 9.74. The van der Waals surface area contributed by atoms with Gasteiger partial charge in [-0.3, -0.25) is 9.69 Å². The molecule has 1 aliphatic heterocycles. The van der Waals surface area contributed by atoms with Crippen molar-refractivity contribution < 1.29 is 13.6 Å². The Hall–Kier alpha value is -2.76. The average Bonchev–Trinajstić information content (AvgIpc) is 2.84. The molecule has 1 unspecified atom stereocenters. The first kappa shape index (κ1) is 21.0. The molecule has 0 bridgehead atoms. The highest BCUT2D eigenvalue weighted by Gasteiger charge is 2.43. The second-order valence-corrected chi connectivity index (χ2v) is 8.40. The lowest BCUT2D eigenvalue weighted by atomic mass is 9.91. The van der Waals surface area contributed by atoms with Crippen LogP contribution in [0.2, 0.25) is 0 Å². The van der Waals surface area contributed by atoms with Crippen LogP contribution in [0, 0.1) is 5.92 Å². The van der Waals surface area contributed by atoms with E-state index in [9.17, 15) is 13.6 Å². The van der Waals surface area contributed by atoms with Crippen molar-refractivity contribution in [2.75, 3.05) is 0 Å². The summed E-state index contributed by atoms with van der Waals surface area (Å²) >= 11 is 0. The van der Waals surface area contributed by atoms with Gasteiger partial charge in [0, 0.05) is 12.5 Å². The Morgan fingerprint density at radius 2 is 1.79 bits per heavy atom. The van der Waals surface area contributed by atoms with Crippen LogP contribution in [-0.2, 0) is 17.3 Å². The molecular weight excluding hydrogens is 372 g/mol. The van der Waals surface area contributed by atoms with E-state index in [-0.39, 0.29) is 17.4 Å². The molecule has 0 saturated carbocycles. The van der Waals surface area contributed by atoms with Crippen LogP contribution in [0.25, 0.3) is 11.1 Å². The molecule has 0 aromatic heterocycles. The summed E-state index contributed by atoms with van der Waals surface area (Å²) in [4.78, 5) is 18.8. The fourth-order valence-corrected chi connectivity index (χ4v) is 3.79. The maximum absolute atomic E-state index is 13.6. The maximum atomic E-state index is 13.6. The molecule has 0 aliphatic carbocycles. The standard InChI is InChI=1S/C23H27F2N3O/c1-15(2)13-22(3)20(29)28(21(26)27-22)14-16-8-10-17(11-9-16)18-6-5-7-19(12-18)23(4,24)25/h5-12,15H,13-14H2,1-4H3,(H2,26,27). The smallest absolute Gasteiger partial charge is 0.270 e.